The molecule has 1 atom stereocenters. The minimum Gasteiger partial charge on any atom is -0.320 e. The first-order valence-electron chi connectivity index (χ1n) is 10.3. The maximum Gasteiger partial charge on any atom is 0.322 e. The molecule has 1 aliphatic heterocycles. The normalized spacial score (nSPS) is 15.7. The number of rotatable bonds is 4. The molecule has 3 aromatic rings. The number of nitrogens with one attached hydrogen (secondary N) is 2. The Bertz CT molecular complexity index is 1110. The largest absolute Gasteiger partial charge is 0.322 e. The summed E-state index contributed by atoms with van der Waals surface area (Å²) < 4.78 is 0. The molecule has 0 saturated carbocycles. The summed E-state index contributed by atoms with van der Waals surface area (Å²) in [4.78, 5) is 27.3. The Labute approximate surface area is 185 Å². The highest BCUT2D eigenvalue weighted by molar-refractivity contribution is 7.13. The van der Waals surface area contributed by atoms with Crippen molar-refractivity contribution in [2.75, 3.05) is 17.2 Å². The van der Waals surface area contributed by atoms with E-state index in [4.69, 9.17) is 0 Å². The lowest BCUT2D eigenvalue weighted by Gasteiger charge is -2.23. The van der Waals surface area contributed by atoms with E-state index in [0.29, 0.717) is 17.2 Å². The maximum absolute atomic E-state index is 13.0. The Kier molecular flexibility index (Phi) is 5.99. The molecule has 2 N–H and O–H groups in total. The SMILES string of the molecule is Cc1ccc(NC(=O)c2nnc(C3CCCN3C(=O)Nc3cccc(C)c3C)s2)cc1. The van der Waals surface area contributed by atoms with Gasteiger partial charge in [-0.2, -0.15) is 0 Å². The van der Waals surface area contributed by atoms with Gasteiger partial charge >= 0.3 is 6.03 Å². The monoisotopic (exact) mass is 435 g/mol. The summed E-state index contributed by atoms with van der Waals surface area (Å²) >= 11 is 1.24. The molecule has 1 aromatic heterocycles. The van der Waals surface area contributed by atoms with Crippen molar-refractivity contribution >= 4 is 34.6 Å². The molecule has 0 spiro atoms. The zero-order valence-electron chi connectivity index (χ0n) is 17.8. The van der Waals surface area contributed by atoms with Crippen LogP contribution in [0, 0.1) is 20.8 Å². The molecule has 160 valence electrons. The van der Waals surface area contributed by atoms with Gasteiger partial charge in [-0.3, -0.25) is 4.79 Å². The van der Waals surface area contributed by atoms with Gasteiger partial charge in [-0.25, -0.2) is 4.79 Å². The summed E-state index contributed by atoms with van der Waals surface area (Å²) in [7, 11) is 0. The van der Waals surface area contributed by atoms with E-state index in [2.05, 4.69) is 20.8 Å². The highest BCUT2D eigenvalue weighted by Crippen LogP contribution is 2.34. The Morgan fingerprint density at radius 3 is 2.58 bits per heavy atom. The van der Waals surface area contributed by atoms with Gasteiger partial charge in [0.05, 0.1) is 6.04 Å². The molecule has 0 radical (unpaired) electrons. The van der Waals surface area contributed by atoms with Gasteiger partial charge in [0.2, 0.25) is 5.01 Å². The Balaban J connectivity index is 1.46. The van der Waals surface area contributed by atoms with Gasteiger partial charge in [0.25, 0.3) is 5.91 Å². The molecule has 2 aromatic carbocycles. The predicted molar refractivity (Wildman–Crippen MR) is 123 cm³/mol. The third-order valence-corrected chi connectivity index (χ3v) is 6.61. The minimum atomic E-state index is -0.294. The van der Waals surface area contributed by atoms with E-state index in [0.717, 1.165) is 35.2 Å². The van der Waals surface area contributed by atoms with Gasteiger partial charge in [0.15, 0.2) is 0 Å². The van der Waals surface area contributed by atoms with E-state index >= 15 is 0 Å². The number of hydrogen-bond acceptors (Lipinski definition) is 5. The Morgan fingerprint density at radius 2 is 1.81 bits per heavy atom. The number of hydrogen-bond donors (Lipinski definition) is 2. The molecule has 1 aliphatic rings. The zero-order chi connectivity index (χ0) is 22.0. The minimum absolute atomic E-state index is 0.156. The second kappa shape index (κ2) is 8.85. The van der Waals surface area contributed by atoms with Crippen LogP contribution in [0.3, 0.4) is 0 Å². The van der Waals surface area contributed by atoms with Crippen molar-refractivity contribution in [2.45, 2.75) is 39.7 Å². The van der Waals surface area contributed by atoms with Crippen molar-refractivity contribution in [3.8, 4) is 0 Å². The maximum atomic E-state index is 13.0. The number of aryl methyl sites for hydroxylation is 2. The van der Waals surface area contributed by atoms with Crippen molar-refractivity contribution in [3.63, 3.8) is 0 Å². The fourth-order valence-corrected chi connectivity index (χ4v) is 4.51. The highest BCUT2D eigenvalue weighted by Gasteiger charge is 2.33. The molecular weight excluding hydrogens is 410 g/mol. The third kappa shape index (κ3) is 4.59. The molecule has 0 bridgehead atoms. The van der Waals surface area contributed by atoms with Crippen LogP contribution in [0.25, 0.3) is 0 Å². The van der Waals surface area contributed by atoms with Crippen molar-refractivity contribution in [2.24, 2.45) is 0 Å². The van der Waals surface area contributed by atoms with E-state index in [1.165, 1.54) is 11.3 Å². The fourth-order valence-electron chi connectivity index (χ4n) is 3.62. The Hall–Kier alpha value is -3.26. The van der Waals surface area contributed by atoms with E-state index in [9.17, 15) is 9.59 Å². The molecule has 0 aliphatic carbocycles. The lowest BCUT2D eigenvalue weighted by Crippen LogP contribution is -2.34. The first-order valence-corrected chi connectivity index (χ1v) is 11.1. The average Bonchev–Trinajstić information content (AvgIpc) is 3.42. The quantitative estimate of drug-likeness (QED) is 0.598. The van der Waals surface area contributed by atoms with E-state index in [1.54, 1.807) is 4.90 Å². The summed E-state index contributed by atoms with van der Waals surface area (Å²) in [5.41, 5.74) is 4.83. The van der Waals surface area contributed by atoms with Gasteiger partial charge in [0.1, 0.15) is 5.01 Å². The number of benzene rings is 2. The summed E-state index contributed by atoms with van der Waals surface area (Å²) in [6.07, 6.45) is 1.68. The number of carbonyl (C=O) groups is 2. The van der Waals surface area contributed by atoms with E-state index < -0.39 is 0 Å². The van der Waals surface area contributed by atoms with Crippen LogP contribution in [0.2, 0.25) is 0 Å². The summed E-state index contributed by atoms with van der Waals surface area (Å²) in [5.74, 6) is -0.294. The number of likely N-dealkylation sites (tertiary alicyclic amines) is 1. The van der Waals surface area contributed by atoms with Gasteiger partial charge in [0, 0.05) is 17.9 Å². The number of anilines is 2. The van der Waals surface area contributed by atoms with Crippen LogP contribution < -0.4 is 10.6 Å². The summed E-state index contributed by atoms with van der Waals surface area (Å²) in [6, 6.07) is 13.1. The van der Waals surface area contributed by atoms with E-state index in [-0.39, 0.29) is 23.0 Å². The summed E-state index contributed by atoms with van der Waals surface area (Å²) in [5, 5.41) is 15.1. The van der Waals surface area contributed by atoms with Gasteiger partial charge in [-0.05, 0) is 62.9 Å². The van der Waals surface area contributed by atoms with Gasteiger partial charge < -0.3 is 15.5 Å². The van der Waals surface area contributed by atoms with E-state index in [1.807, 2.05) is 63.2 Å². The predicted octanol–water partition coefficient (Wildman–Crippen LogP) is 5.08. The van der Waals surface area contributed by atoms with Crippen LogP contribution in [0.4, 0.5) is 16.2 Å². The Morgan fingerprint density at radius 1 is 1.03 bits per heavy atom. The third-order valence-electron chi connectivity index (χ3n) is 5.59. The van der Waals surface area contributed by atoms with Crippen LogP contribution in [0.5, 0.6) is 0 Å². The second-order valence-electron chi connectivity index (χ2n) is 7.79. The molecule has 7 nitrogen and oxygen atoms in total. The van der Waals surface area contributed by atoms with Crippen molar-refractivity contribution < 1.29 is 9.59 Å². The first kappa shape index (κ1) is 21.0. The fraction of sp³-hybridized carbons (Fsp3) is 0.304. The second-order valence-corrected chi connectivity index (χ2v) is 8.80. The van der Waals surface area contributed by atoms with Crippen molar-refractivity contribution in [1.82, 2.24) is 15.1 Å². The molecule has 1 saturated heterocycles. The van der Waals surface area contributed by atoms with Crippen LogP contribution >= 0.6 is 11.3 Å². The van der Waals surface area contributed by atoms with Crippen molar-refractivity contribution in [3.05, 3.63) is 69.2 Å². The zero-order valence-corrected chi connectivity index (χ0v) is 18.6. The lowest BCUT2D eigenvalue weighted by molar-refractivity contribution is 0.102. The topological polar surface area (TPSA) is 87.2 Å². The number of carbonyl (C=O) groups excluding carboxylic acids is 2. The highest BCUT2D eigenvalue weighted by atomic mass is 32.1. The number of nitrogens with zero attached hydrogens (tertiary/aromatic N) is 3. The van der Waals surface area contributed by atoms with Gasteiger partial charge in [-0.1, -0.05) is 41.2 Å². The van der Waals surface area contributed by atoms with Crippen molar-refractivity contribution in [1.29, 1.82) is 0 Å². The summed E-state index contributed by atoms with van der Waals surface area (Å²) in [6.45, 7) is 6.66. The number of amides is 3. The molecular formula is C23H25N5O2S. The smallest absolute Gasteiger partial charge is 0.320 e. The molecule has 8 heteroatoms. The number of aromatic nitrogens is 2. The van der Waals surface area contributed by atoms with Gasteiger partial charge in [-0.15, -0.1) is 10.2 Å². The van der Waals surface area contributed by atoms with Crippen LogP contribution in [-0.2, 0) is 0 Å². The molecule has 2 heterocycles. The standard InChI is InChI=1S/C23H25N5O2S/c1-14-9-11-17(12-10-14)24-20(29)22-27-26-21(31-22)19-8-5-13-28(19)23(30)25-18-7-4-6-15(2)16(18)3/h4,6-7,9-12,19H,5,8,13H2,1-3H3,(H,24,29)(H,25,30). The van der Waals surface area contributed by atoms with Crippen LogP contribution in [0.15, 0.2) is 42.5 Å². The molecule has 1 fully saturated rings. The van der Waals surface area contributed by atoms with Crippen LogP contribution in [-0.4, -0.2) is 33.6 Å². The number of urea groups is 1. The average molecular weight is 436 g/mol. The lowest BCUT2D eigenvalue weighted by atomic mass is 10.1. The first-order chi connectivity index (χ1) is 14.9. The molecule has 1 unspecified atom stereocenters. The van der Waals surface area contributed by atoms with Crippen LogP contribution in [0.1, 0.15) is 50.4 Å². The molecule has 3 amide bonds. The molecule has 4 rings (SSSR count). The molecule has 31 heavy (non-hydrogen) atoms.